The lowest BCUT2D eigenvalue weighted by molar-refractivity contribution is 0.0953. The summed E-state index contributed by atoms with van der Waals surface area (Å²) >= 11 is 5.06. The minimum Gasteiger partial charge on any atom is -0.351 e. The van der Waals surface area contributed by atoms with Gasteiger partial charge in [0.1, 0.15) is 0 Å². The zero-order chi connectivity index (χ0) is 18.4. The van der Waals surface area contributed by atoms with Gasteiger partial charge >= 0.3 is 0 Å². The summed E-state index contributed by atoms with van der Waals surface area (Å²) in [6.45, 7) is 0.617. The fourth-order valence-corrected chi connectivity index (χ4v) is 8.02. The van der Waals surface area contributed by atoms with Crippen molar-refractivity contribution in [2.75, 3.05) is 23.8 Å². The Balaban J connectivity index is 1.49. The molecule has 140 valence electrons. The molecular weight excluding hydrogens is 406 g/mol. The molecular formula is C18H21NO3S4. The first-order valence-corrected chi connectivity index (χ1v) is 13.1. The number of hydrogen-bond acceptors (Lipinski definition) is 6. The van der Waals surface area contributed by atoms with Crippen molar-refractivity contribution in [2.45, 2.75) is 22.3 Å². The van der Waals surface area contributed by atoms with Crippen LogP contribution in [0.1, 0.15) is 21.7 Å². The molecule has 26 heavy (non-hydrogen) atoms. The smallest absolute Gasteiger partial charge is 0.252 e. The second kappa shape index (κ2) is 9.30. The van der Waals surface area contributed by atoms with Crippen LogP contribution in [0.5, 0.6) is 0 Å². The minimum absolute atomic E-state index is 0.0373. The highest BCUT2D eigenvalue weighted by Gasteiger charge is 2.29. The van der Waals surface area contributed by atoms with Crippen LogP contribution in [-0.2, 0) is 15.6 Å². The highest BCUT2D eigenvalue weighted by Crippen LogP contribution is 2.33. The highest BCUT2D eigenvalue weighted by molar-refractivity contribution is 8.02. The first-order valence-electron chi connectivity index (χ1n) is 8.38. The third-order valence-electron chi connectivity index (χ3n) is 3.97. The van der Waals surface area contributed by atoms with Gasteiger partial charge in [-0.05, 0) is 30.0 Å². The number of rotatable bonds is 8. The van der Waals surface area contributed by atoms with E-state index in [1.54, 1.807) is 29.2 Å². The SMILES string of the molecule is O=C(NCCSCc1cccs1)c1ccccc1SC1CCS(=O)(=O)C1. The van der Waals surface area contributed by atoms with Crippen LogP contribution < -0.4 is 5.32 Å². The first kappa shape index (κ1) is 19.8. The zero-order valence-corrected chi connectivity index (χ0v) is 17.5. The van der Waals surface area contributed by atoms with Gasteiger partial charge in [-0.3, -0.25) is 4.79 Å². The molecule has 2 heterocycles. The number of benzene rings is 1. The molecule has 1 atom stereocenters. The monoisotopic (exact) mass is 427 g/mol. The number of carbonyl (C=O) groups is 1. The third kappa shape index (κ3) is 5.77. The maximum Gasteiger partial charge on any atom is 0.252 e. The zero-order valence-electron chi connectivity index (χ0n) is 14.2. The standard InChI is InChI=1S/C18H21NO3S4/c20-18(19-8-10-23-12-14-4-3-9-24-14)16-5-1-2-6-17(16)25-15-7-11-26(21,22)13-15/h1-6,9,15H,7-8,10-13H2,(H,19,20). The van der Waals surface area contributed by atoms with Gasteiger partial charge in [-0.2, -0.15) is 11.8 Å². The molecule has 1 N–H and O–H groups in total. The van der Waals surface area contributed by atoms with Crippen LogP contribution in [0, 0.1) is 0 Å². The van der Waals surface area contributed by atoms with Crippen molar-refractivity contribution in [3.8, 4) is 0 Å². The normalized spacial score (nSPS) is 18.7. The van der Waals surface area contributed by atoms with E-state index < -0.39 is 9.84 Å². The molecule has 1 amide bonds. The van der Waals surface area contributed by atoms with Gasteiger partial charge in [0, 0.05) is 33.1 Å². The summed E-state index contributed by atoms with van der Waals surface area (Å²) in [5.74, 6) is 2.19. The number of thioether (sulfide) groups is 2. The van der Waals surface area contributed by atoms with E-state index in [4.69, 9.17) is 0 Å². The van der Waals surface area contributed by atoms with Crippen molar-refractivity contribution in [3.63, 3.8) is 0 Å². The molecule has 1 fully saturated rings. The molecule has 0 spiro atoms. The fourth-order valence-electron chi connectivity index (χ4n) is 2.69. The molecule has 3 rings (SSSR count). The molecule has 1 aromatic heterocycles. The topological polar surface area (TPSA) is 63.2 Å². The molecule has 1 aliphatic rings. The molecule has 4 nitrogen and oxygen atoms in total. The van der Waals surface area contributed by atoms with Crippen LogP contribution in [0.3, 0.4) is 0 Å². The average Bonchev–Trinajstić information content (AvgIpc) is 3.24. The number of hydrogen-bond donors (Lipinski definition) is 1. The van der Waals surface area contributed by atoms with Crippen molar-refractivity contribution >= 4 is 50.6 Å². The van der Waals surface area contributed by atoms with Crippen molar-refractivity contribution in [2.24, 2.45) is 0 Å². The van der Waals surface area contributed by atoms with E-state index in [0.717, 1.165) is 16.4 Å². The lowest BCUT2D eigenvalue weighted by Gasteiger charge is -2.12. The summed E-state index contributed by atoms with van der Waals surface area (Å²) in [6.07, 6.45) is 0.655. The van der Waals surface area contributed by atoms with Gasteiger partial charge in [0.15, 0.2) is 9.84 Å². The maximum atomic E-state index is 12.5. The number of carbonyl (C=O) groups excluding carboxylic acids is 1. The predicted octanol–water partition coefficient (Wildman–Crippen LogP) is 3.69. The van der Waals surface area contributed by atoms with Crippen LogP contribution in [0.25, 0.3) is 0 Å². The van der Waals surface area contributed by atoms with Gasteiger partial charge < -0.3 is 5.32 Å². The van der Waals surface area contributed by atoms with Gasteiger partial charge in [0.2, 0.25) is 0 Å². The molecule has 0 radical (unpaired) electrons. The van der Waals surface area contributed by atoms with Crippen LogP contribution in [0.2, 0.25) is 0 Å². The summed E-state index contributed by atoms with van der Waals surface area (Å²) in [5, 5.41) is 5.08. The molecule has 1 aliphatic heterocycles. The number of nitrogens with one attached hydrogen (secondary N) is 1. The second-order valence-electron chi connectivity index (χ2n) is 6.03. The molecule has 0 bridgehead atoms. The van der Waals surface area contributed by atoms with Gasteiger partial charge in [-0.25, -0.2) is 8.42 Å². The number of amides is 1. The lowest BCUT2D eigenvalue weighted by Crippen LogP contribution is -2.26. The quantitative estimate of drug-likeness (QED) is 0.651. The van der Waals surface area contributed by atoms with Crippen LogP contribution in [-0.4, -0.2) is 43.4 Å². The molecule has 1 saturated heterocycles. The third-order valence-corrected chi connectivity index (χ3v) is 9.36. The van der Waals surface area contributed by atoms with E-state index in [-0.39, 0.29) is 22.7 Å². The first-order chi connectivity index (χ1) is 12.5. The Morgan fingerprint density at radius 3 is 2.81 bits per heavy atom. The predicted molar refractivity (Wildman–Crippen MR) is 112 cm³/mol. The average molecular weight is 428 g/mol. The van der Waals surface area contributed by atoms with E-state index >= 15 is 0 Å². The molecule has 0 aliphatic carbocycles. The van der Waals surface area contributed by atoms with Crippen molar-refractivity contribution < 1.29 is 13.2 Å². The van der Waals surface area contributed by atoms with Gasteiger partial charge in [-0.1, -0.05) is 18.2 Å². The fraction of sp³-hybridized carbons (Fsp3) is 0.389. The minimum atomic E-state index is -2.91. The lowest BCUT2D eigenvalue weighted by atomic mass is 10.2. The molecule has 0 saturated carbocycles. The summed E-state index contributed by atoms with van der Waals surface area (Å²) in [6, 6.07) is 11.6. The Bertz CT molecular complexity index is 834. The van der Waals surface area contributed by atoms with Gasteiger partial charge in [0.25, 0.3) is 5.91 Å². The number of sulfone groups is 1. The van der Waals surface area contributed by atoms with Gasteiger partial charge in [-0.15, -0.1) is 23.1 Å². The van der Waals surface area contributed by atoms with Crippen molar-refractivity contribution in [3.05, 3.63) is 52.2 Å². The number of thiophene rings is 1. The Hall–Kier alpha value is -0.960. The van der Waals surface area contributed by atoms with E-state index in [0.29, 0.717) is 18.5 Å². The molecule has 2 aromatic rings. The Morgan fingerprint density at radius 2 is 2.08 bits per heavy atom. The van der Waals surface area contributed by atoms with E-state index in [9.17, 15) is 13.2 Å². The van der Waals surface area contributed by atoms with Crippen molar-refractivity contribution in [1.82, 2.24) is 5.32 Å². The second-order valence-corrected chi connectivity index (χ2v) is 11.7. The van der Waals surface area contributed by atoms with E-state index in [1.165, 1.54) is 16.6 Å². The van der Waals surface area contributed by atoms with Gasteiger partial charge in [0.05, 0.1) is 17.1 Å². The Kier molecular flexibility index (Phi) is 7.08. The Morgan fingerprint density at radius 1 is 1.23 bits per heavy atom. The molecule has 1 aromatic carbocycles. The van der Waals surface area contributed by atoms with Crippen LogP contribution in [0.4, 0.5) is 0 Å². The highest BCUT2D eigenvalue weighted by atomic mass is 32.2. The summed E-state index contributed by atoms with van der Waals surface area (Å²) in [7, 11) is -2.91. The van der Waals surface area contributed by atoms with Crippen LogP contribution >= 0.6 is 34.9 Å². The Labute approximate surface area is 167 Å². The molecule has 8 heteroatoms. The summed E-state index contributed by atoms with van der Waals surface area (Å²) in [4.78, 5) is 14.7. The summed E-state index contributed by atoms with van der Waals surface area (Å²) < 4.78 is 23.3. The van der Waals surface area contributed by atoms with E-state index in [2.05, 4.69) is 16.8 Å². The molecule has 1 unspecified atom stereocenters. The maximum absolute atomic E-state index is 12.5. The van der Waals surface area contributed by atoms with E-state index in [1.807, 2.05) is 24.3 Å². The van der Waals surface area contributed by atoms with Crippen LogP contribution in [0.15, 0.2) is 46.7 Å². The summed E-state index contributed by atoms with van der Waals surface area (Å²) in [5.41, 5.74) is 0.630. The van der Waals surface area contributed by atoms with Crippen molar-refractivity contribution in [1.29, 1.82) is 0 Å². The largest absolute Gasteiger partial charge is 0.351 e.